The lowest BCUT2D eigenvalue weighted by molar-refractivity contribution is -0.384. The van der Waals surface area contributed by atoms with E-state index >= 15 is 0 Å². The molecule has 0 radical (unpaired) electrons. The van der Waals surface area contributed by atoms with Gasteiger partial charge in [0.25, 0.3) is 5.69 Å². The monoisotopic (exact) mass is 342 g/mol. The highest BCUT2D eigenvalue weighted by Crippen LogP contribution is 2.11. The summed E-state index contributed by atoms with van der Waals surface area (Å²) >= 11 is 0. The van der Waals surface area contributed by atoms with Gasteiger partial charge in [0.2, 0.25) is 0 Å². The number of nitro benzene ring substituents is 1. The molecule has 0 aliphatic rings. The minimum absolute atomic E-state index is 0.0877. The lowest BCUT2D eigenvalue weighted by atomic mass is 10.2. The van der Waals surface area contributed by atoms with Crippen molar-refractivity contribution in [1.82, 2.24) is 10.6 Å². The first-order valence-corrected chi connectivity index (χ1v) is 8.05. The predicted molar refractivity (Wildman–Crippen MR) is 97.9 cm³/mol. The maximum atomic E-state index is 10.6. The van der Waals surface area contributed by atoms with Gasteiger partial charge in [-0.05, 0) is 24.1 Å². The second-order valence-corrected chi connectivity index (χ2v) is 5.29. The second-order valence-electron chi connectivity index (χ2n) is 5.29. The van der Waals surface area contributed by atoms with Crippen LogP contribution < -0.4 is 15.4 Å². The number of benzene rings is 2. The van der Waals surface area contributed by atoms with Crippen LogP contribution >= 0.6 is 0 Å². The highest BCUT2D eigenvalue weighted by molar-refractivity contribution is 5.79. The summed E-state index contributed by atoms with van der Waals surface area (Å²) in [7, 11) is 1.70. The van der Waals surface area contributed by atoms with E-state index in [9.17, 15) is 10.1 Å². The molecule has 0 saturated heterocycles. The van der Waals surface area contributed by atoms with E-state index in [0.29, 0.717) is 19.1 Å². The zero-order chi connectivity index (χ0) is 17.9. The van der Waals surface area contributed by atoms with Crippen LogP contribution in [0.15, 0.2) is 59.6 Å². The van der Waals surface area contributed by atoms with Crippen molar-refractivity contribution < 1.29 is 9.66 Å². The molecule has 0 heterocycles. The summed E-state index contributed by atoms with van der Waals surface area (Å²) in [4.78, 5) is 14.4. The molecule has 0 atom stereocenters. The van der Waals surface area contributed by atoms with Crippen LogP contribution in [0.1, 0.15) is 12.0 Å². The first-order valence-electron chi connectivity index (χ1n) is 8.05. The summed E-state index contributed by atoms with van der Waals surface area (Å²) in [6.45, 7) is 1.89. The van der Waals surface area contributed by atoms with Crippen molar-refractivity contribution in [3.05, 3.63) is 70.3 Å². The molecule has 7 heteroatoms. The molecule has 2 aromatic carbocycles. The average Bonchev–Trinajstić information content (AvgIpc) is 2.65. The number of ether oxygens (including phenoxy) is 1. The fourth-order valence-corrected chi connectivity index (χ4v) is 2.13. The topological polar surface area (TPSA) is 88.8 Å². The molecule has 25 heavy (non-hydrogen) atoms. The van der Waals surface area contributed by atoms with Gasteiger partial charge in [0.1, 0.15) is 5.75 Å². The zero-order valence-electron chi connectivity index (χ0n) is 14.1. The van der Waals surface area contributed by atoms with E-state index in [1.54, 1.807) is 19.2 Å². The first-order chi connectivity index (χ1) is 12.2. The molecule has 0 saturated carbocycles. The quantitative estimate of drug-likeness (QED) is 0.253. The van der Waals surface area contributed by atoms with Gasteiger partial charge in [0.15, 0.2) is 5.96 Å². The third kappa shape index (κ3) is 6.50. The van der Waals surface area contributed by atoms with E-state index in [-0.39, 0.29) is 5.69 Å². The van der Waals surface area contributed by atoms with Crippen LogP contribution in [0, 0.1) is 10.1 Å². The number of para-hydroxylation sites is 1. The van der Waals surface area contributed by atoms with Crippen LogP contribution in [-0.4, -0.2) is 31.1 Å². The second kappa shape index (κ2) is 9.92. The molecule has 7 nitrogen and oxygen atoms in total. The van der Waals surface area contributed by atoms with Gasteiger partial charge in [-0.3, -0.25) is 15.1 Å². The van der Waals surface area contributed by atoms with Crippen LogP contribution in [-0.2, 0) is 6.54 Å². The van der Waals surface area contributed by atoms with Crippen LogP contribution in [0.2, 0.25) is 0 Å². The molecule has 0 unspecified atom stereocenters. The first kappa shape index (κ1) is 18.3. The molecule has 0 bridgehead atoms. The largest absolute Gasteiger partial charge is 0.494 e. The maximum absolute atomic E-state index is 10.6. The minimum Gasteiger partial charge on any atom is -0.494 e. The van der Waals surface area contributed by atoms with Gasteiger partial charge in [-0.2, -0.15) is 0 Å². The van der Waals surface area contributed by atoms with E-state index in [1.165, 1.54) is 12.1 Å². The highest BCUT2D eigenvalue weighted by atomic mass is 16.6. The van der Waals surface area contributed by atoms with Crippen molar-refractivity contribution >= 4 is 11.6 Å². The normalized spacial score (nSPS) is 11.0. The SMILES string of the molecule is CN=C(NCCCOc1ccccc1)NCc1ccc([N+](=O)[O-])cc1. The third-order valence-corrected chi connectivity index (χ3v) is 3.46. The number of guanidine groups is 1. The third-order valence-electron chi connectivity index (χ3n) is 3.46. The molecule has 0 amide bonds. The van der Waals surface area contributed by atoms with Crippen molar-refractivity contribution in [3.8, 4) is 5.75 Å². The molecule has 0 aliphatic carbocycles. The number of aliphatic imine (C=N–C) groups is 1. The van der Waals surface area contributed by atoms with Gasteiger partial charge >= 0.3 is 0 Å². The van der Waals surface area contributed by atoms with Gasteiger partial charge in [-0.15, -0.1) is 0 Å². The molecule has 0 aromatic heterocycles. The summed E-state index contributed by atoms with van der Waals surface area (Å²) in [5.74, 6) is 1.54. The average molecular weight is 342 g/mol. The summed E-state index contributed by atoms with van der Waals surface area (Å²) in [6, 6.07) is 16.1. The Bertz CT molecular complexity index is 687. The van der Waals surface area contributed by atoms with Crippen molar-refractivity contribution in [2.24, 2.45) is 4.99 Å². The smallest absolute Gasteiger partial charge is 0.269 e. The van der Waals surface area contributed by atoms with Gasteiger partial charge in [0, 0.05) is 32.3 Å². The standard InChI is InChI=1S/C18H22N4O3/c1-19-18(20-12-5-13-25-17-6-3-2-4-7-17)21-14-15-8-10-16(11-9-15)22(23)24/h2-4,6-11H,5,12-14H2,1H3,(H2,19,20,21). The van der Waals surface area contributed by atoms with Gasteiger partial charge < -0.3 is 15.4 Å². The molecular formula is C18H22N4O3. The number of rotatable bonds is 8. The predicted octanol–water partition coefficient (Wildman–Crippen LogP) is 2.73. The minimum atomic E-state index is -0.408. The lowest BCUT2D eigenvalue weighted by Gasteiger charge is -2.12. The molecule has 2 N–H and O–H groups in total. The molecular weight excluding hydrogens is 320 g/mol. The van der Waals surface area contributed by atoms with E-state index in [1.807, 2.05) is 30.3 Å². The van der Waals surface area contributed by atoms with E-state index in [4.69, 9.17) is 4.74 Å². The molecule has 132 valence electrons. The van der Waals surface area contributed by atoms with Crippen LogP contribution in [0.3, 0.4) is 0 Å². The summed E-state index contributed by atoms with van der Waals surface area (Å²) < 4.78 is 5.63. The summed E-state index contributed by atoms with van der Waals surface area (Å²) in [6.07, 6.45) is 0.840. The van der Waals surface area contributed by atoms with E-state index in [0.717, 1.165) is 24.3 Å². The fourth-order valence-electron chi connectivity index (χ4n) is 2.13. The van der Waals surface area contributed by atoms with Crippen LogP contribution in [0.25, 0.3) is 0 Å². The number of hydrogen-bond acceptors (Lipinski definition) is 4. The van der Waals surface area contributed by atoms with Crippen molar-refractivity contribution in [2.75, 3.05) is 20.2 Å². The number of hydrogen-bond donors (Lipinski definition) is 2. The molecule has 0 aliphatic heterocycles. The van der Waals surface area contributed by atoms with Crippen LogP contribution in [0.5, 0.6) is 5.75 Å². The Kier molecular flexibility index (Phi) is 7.24. The van der Waals surface area contributed by atoms with Crippen molar-refractivity contribution in [3.63, 3.8) is 0 Å². The Hall–Kier alpha value is -3.09. The van der Waals surface area contributed by atoms with E-state index < -0.39 is 4.92 Å². The number of non-ortho nitro benzene ring substituents is 1. The number of nitro groups is 1. The Morgan fingerprint density at radius 3 is 2.48 bits per heavy atom. The van der Waals surface area contributed by atoms with Gasteiger partial charge in [-0.25, -0.2) is 0 Å². The van der Waals surface area contributed by atoms with Crippen molar-refractivity contribution in [2.45, 2.75) is 13.0 Å². The number of nitrogens with one attached hydrogen (secondary N) is 2. The van der Waals surface area contributed by atoms with Crippen molar-refractivity contribution in [1.29, 1.82) is 0 Å². The Balaban J connectivity index is 1.65. The molecule has 0 fully saturated rings. The molecule has 2 rings (SSSR count). The summed E-state index contributed by atoms with van der Waals surface area (Å²) in [5, 5.41) is 17.0. The Labute approximate surface area is 146 Å². The highest BCUT2D eigenvalue weighted by Gasteiger charge is 2.04. The fraction of sp³-hybridized carbons (Fsp3) is 0.278. The molecule has 2 aromatic rings. The maximum Gasteiger partial charge on any atom is 0.269 e. The Morgan fingerprint density at radius 1 is 1.12 bits per heavy atom. The van der Waals surface area contributed by atoms with Gasteiger partial charge in [-0.1, -0.05) is 30.3 Å². The van der Waals surface area contributed by atoms with Gasteiger partial charge in [0.05, 0.1) is 11.5 Å². The summed E-state index contributed by atoms with van der Waals surface area (Å²) in [5.41, 5.74) is 1.03. The van der Waals surface area contributed by atoms with E-state index in [2.05, 4.69) is 15.6 Å². The van der Waals surface area contributed by atoms with Crippen LogP contribution in [0.4, 0.5) is 5.69 Å². The number of nitrogens with zero attached hydrogens (tertiary/aromatic N) is 2. The zero-order valence-corrected chi connectivity index (χ0v) is 14.1. The lowest BCUT2D eigenvalue weighted by Crippen LogP contribution is -2.37. The Morgan fingerprint density at radius 2 is 1.84 bits per heavy atom. The molecule has 0 spiro atoms.